The fourth-order valence-corrected chi connectivity index (χ4v) is 2.76. The molecule has 0 bridgehead atoms. The van der Waals surface area contributed by atoms with Crippen molar-refractivity contribution in [1.82, 2.24) is 0 Å². The standard InChI is InChI=1S/C12H25N3O6/c13-3-8-9(17)10(18)11(19)12(21-8)20-7-2-4(14)6(16)1-5(7)15/h4-12,16-19H,1-3,13-15H2/t4-,5-,6-,7-,8-,9-,10+,11-,12+/m1/s1. The molecule has 1 aliphatic carbocycles. The molecule has 0 aromatic rings. The molecular formula is C12H25N3O6. The topological polar surface area (TPSA) is 177 Å². The molecule has 9 atom stereocenters. The maximum atomic E-state index is 9.93. The Kier molecular flexibility index (Phi) is 5.52. The number of aliphatic hydroxyl groups is 4. The second-order valence-corrected chi connectivity index (χ2v) is 5.79. The minimum atomic E-state index is -1.42. The quantitative estimate of drug-likeness (QED) is 0.273. The molecule has 10 N–H and O–H groups in total. The minimum Gasteiger partial charge on any atom is -0.391 e. The summed E-state index contributed by atoms with van der Waals surface area (Å²) in [6.45, 7) is -0.0280. The van der Waals surface area contributed by atoms with Crippen LogP contribution in [0.4, 0.5) is 0 Å². The summed E-state index contributed by atoms with van der Waals surface area (Å²) in [6, 6.07) is -0.938. The van der Waals surface area contributed by atoms with E-state index in [1.807, 2.05) is 0 Å². The average Bonchev–Trinajstić information content (AvgIpc) is 2.45. The highest BCUT2D eigenvalue weighted by Gasteiger charge is 2.45. The van der Waals surface area contributed by atoms with Gasteiger partial charge < -0.3 is 47.1 Å². The summed E-state index contributed by atoms with van der Waals surface area (Å²) in [5, 5.41) is 39.1. The fraction of sp³-hybridized carbons (Fsp3) is 1.00. The molecule has 0 amide bonds. The zero-order valence-electron chi connectivity index (χ0n) is 11.7. The van der Waals surface area contributed by atoms with Gasteiger partial charge in [0, 0.05) is 18.6 Å². The third-order valence-electron chi connectivity index (χ3n) is 4.20. The van der Waals surface area contributed by atoms with Gasteiger partial charge in [-0.25, -0.2) is 0 Å². The van der Waals surface area contributed by atoms with Crippen LogP contribution in [0.1, 0.15) is 12.8 Å². The zero-order valence-corrected chi connectivity index (χ0v) is 11.7. The molecule has 21 heavy (non-hydrogen) atoms. The molecule has 0 unspecified atom stereocenters. The first kappa shape index (κ1) is 17.0. The summed E-state index contributed by atoms with van der Waals surface area (Å²) in [5.74, 6) is 0. The van der Waals surface area contributed by atoms with E-state index >= 15 is 0 Å². The van der Waals surface area contributed by atoms with Gasteiger partial charge in [0.15, 0.2) is 6.29 Å². The minimum absolute atomic E-state index is 0.0280. The average molecular weight is 307 g/mol. The predicted molar refractivity (Wildman–Crippen MR) is 71.8 cm³/mol. The highest BCUT2D eigenvalue weighted by molar-refractivity contribution is 4.94. The highest BCUT2D eigenvalue weighted by atomic mass is 16.7. The SMILES string of the molecule is NC[C@H]1O[C@H](O[C@@H]2C[C@@H](N)[C@H](O)C[C@H]2N)[C@H](O)[C@@H](O)[C@@H]1O. The van der Waals surface area contributed by atoms with Gasteiger partial charge in [0.05, 0.1) is 12.2 Å². The van der Waals surface area contributed by atoms with Crippen LogP contribution >= 0.6 is 0 Å². The summed E-state index contributed by atoms with van der Waals surface area (Å²) in [7, 11) is 0. The number of nitrogens with two attached hydrogens (primary N) is 3. The van der Waals surface area contributed by atoms with Crippen LogP contribution in [0.25, 0.3) is 0 Å². The Bertz CT molecular complexity index is 347. The van der Waals surface area contributed by atoms with Crippen LogP contribution in [-0.2, 0) is 9.47 Å². The van der Waals surface area contributed by atoms with Crippen molar-refractivity contribution in [3.8, 4) is 0 Å². The van der Waals surface area contributed by atoms with Gasteiger partial charge in [0.1, 0.15) is 24.4 Å². The largest absolute Gasteiger partial charge is 0.391 e. The van der Waals surface area contributed by atoms with E-state index in [4.69, 9.17) is 26.7 Å². The molecule has 124 valence electrons. The molecule has 9 heteroatoms. The molecule has 1 aliphatic heterocycles. The first-order valence-electron chi connectivity index (χ1n) is 7.09. The normalized spacial score (nSPS) is 51.9. The molecule has 1 saturated carbocycles. The predicted octanol–water partition coefficient (Wildman–Crippen LogP) is -4.05. The Hall–Kier alpha value is -0.360. The molecule has 2 rings (SSSR count). The Morgan fingerprint density at radius 3 is 2.24 bits per heavy atom. The van der Waals surface area contributed by atoms with E-state index in [0.717, 1.165) is 0 Å². The Labute approximate surface area is 122 Å². The summed E-state index contributed by atoms with van der Waals surface area (Å²) in [6.07, 6.45) is -6.75. The number of ether oxygens (including phenoxy) is 2. The lowest BCUT2D eigenvalue weighted by atomic mass is 9.87. The first-order valence-corrected chi connectivity index (χ1v) is 7.09. The number of rotatable bonds is 3. The van der Waals surface area contributed by atoms with Gasteiger partial charge in [0.25, 0.3) is 0 Å². The number of hydrogen-bond acceptors (Lipinski definition) is 9. The molecule has 0 aromatic carbocycles. The van der Waals surface area contributed by atoms with E-state index in [1.165, 1.54) is 0 Å². The first-order chi connectivity index (χ1) is 9.85. The van der Waals surface area contributed by atoms with Crippen LogP contribution in [0.3, 0.4) is 0 Å². The molecule has 1 saturated heterocycles. The van der Waals surface area contributed by atoms with E-state index in [-0.39, 0.29) is 13.0 Å². The lowest BCUT2D eigenvalue weighted by molar-refractivity contribution is -0.309. The molecule has 0 aromatic heterocycles. The van der Waals surface area contributed by atoms with Gasteiger partial charge in [-0.15, -0.1) is 0 Å². The van der Waals surface area contributed by atoms with E-state index in [1.54, 1.807) is 0 Å². The van der Waals surface area contributed by atoms with Gasteiger partial charge >= 0.3 is 0 Å². The van der Waals surface area contributed by atoms with Crippen molar-refractivity contribution < 1.29 is 29.9 Å². The van der Waals surface area contributed by atoms with Gasteiger partial charge in [-0.2, -0.15) is 0 Å². The Morgan fingerprint density at radius 2 is 1.62 bits per heavy atom. The van der Waals surface area contributed by atoms with E-state index in [0.29, 0.717) is 6.42 Å². The van der Waals surface area contributed by atoms with Gasteiger partial charge in [-0.3, -0.25) is 0 Å². The van der Waals surface area contributed by atoms with Crippen LogP contribution in [0.15, 0.2) is 0 Å². The molecule has 0 radical (unpaired) electrons. The second-order valence-electron chi connectivity index (χ2n) is 5.79. The summed E-state index contributed by atoms with van der Waals surface area (Å²) in [4.78, 5) is 0. The molecule has 9 nitrogen and oxygen atoms in total. The van der Waals surface area contributed by atoms with E-state index < -0.39 is 55.0 Å². The molecule has 1 heterocycles. The van der Waals surface area contributed by atoms with Crippen molar-refractivity contribution in [2.45, 2.75) is 67.8 Å². The van der Waals surface area contributed by atoms with Crippen molar-refractivity contribution in [3.63, 3.8) is 0 Å². The monoisotopic (exact) mass is 307 g/mol. The van der Waals surface area contributed by atoms with Crippen molar-refractivity contribution in [2.24, 2.45) is 17.2 Å². The maximum Gasteiger partial charge on any atom is 0.186 e. The van der Waals surface area contributed by atoms with Crippen LogP contribution < -0.4 is 17.2 Å². The van der Waals surface area contributed by atoms with E-state index in [9.17, 15) is 20.4 Å². The van der Waals surface area contributed by atoms with Gasteiger partial charge in [-0.1, -0.05) is 0 Å². The van der Waals surface area contributed by atoms with Crippen LogP contribution in [-0.4, -0.2) is 82.0 Å². The zero-order chi connectivity index (χ0) is 15.7. The van der Waals surface area contributed by atoms with E-state index in [2.05, 4.69) is 0 Å². The van der Waals surface area contributed by atoms with Crippen molar-refractivity contribution in [3.05, 3.63) is 0 Å². The number of hydrogen-bond donors (Lipinski definition) is 7. The highest BCUT2D eigenvalue weighted by Crippen LogP contribution is 2.27. The maximum absolute atomic E-state index is 9.93. The second kappa shape index (κ2) is 6.82. The fourth-order valence-electron chi connectivity index (χ4n) is 2.76. The molecule has 2 aliphatic rings. The molecular weight excluding hydrogens is 282 g/mol. The third-order valence-corrected chi connectivity index (χ3v) is 4.20. The van der Waals surface area contributed by atoms with Crippen molar-refractivity contribution in [1.29, 1.82) is 0 Å². The van der Waals surface area contributed by atoms with Crippen LogP contribution in [0, 0.1) is 0 Å². The summed E-state index contributed by atoms with van der Waals surface area (Å²) in [5.41, 5.74) is 17.1. The number of aliphatic hydroxyl groups excluding tert-OH is 4. The third kappa shape index (κ3) is 3.52. The summed E-state index contributed by atoms with van der Waals surface area (Å²) >= 11 is 0. The lowest BCUT2D eigenvalue weighted by Crippen LogP contribution is -2.62. The van der Waals surface area contributed by atoms with Crippen LogP contribution in [0.2, 0.25) is 0 Å². The van der Waals surface area contributed by atoms with Gasteiger partial charge in [0.2, 0.25) is 0 Å². The Balaban J connectivity index is 2.01. The lowest BCUT2D eigenvalue weighted by Gasteiger charge is -2.43. The summed E-state index contributed by atoms with van der Waals surface area (Å²) < 4.78 is 11.0. The van der Waals surface area contributed by atoms with Gasteiger partial charge in [-0.05, 0) is 12.8 Å². The van der Waals surface area contributed by atoms with Crippen molar-refractivity contribution in [2.75, 3.05) is 6.54 Å². The smallest absolute Gasteiger partial charge is 0.186 e. The van der Waals surface area contributed by atoms with Crippen molar-refractivity contribution >= 4 is 0 Å². The molecule has 0 spiro atoms. The van der Waals surface area contributed by atoms with Crippen LogP contribution in [0.5, 0.6) is 0 Å². The molecule has 2 fully saturated rings. The Morgan fingerprint density at radius 1 is 0.952 bits per heavy atom.